The van der Waals surface area contributed by atoms with Crippen molar-refractivity contribution in [3.63, 3.8) is 0 Å². The highest BCUT2D eigenvalue weighted by Gasteiger charge is 2.37. The maximum atomic E-state index is 12.2. The minimum Gasteiger partial charge on any atom is -0.466 e. The van der Waals surface area contributed by atoms with Crippen molar-refractivity contribution >= 4 is 11.9 Å². The van der Waals surface area contributed by atoms with Crippen molar-refractivity contribution in [3.05, 3.63) is 35.9 Å². The van der Waals surface area contributed by atoms with Gasteiger partial charge in [0.05, 0.1) is 19.4 Å². The minimum atomic E-state index is -0.523. The summed E-state index contributed by atoms with van der Waals surface area (Å²) >= 11 is 0. The third-order valence-corrected chi connectivity index (χ3v) is 4.11. The second-order valence-electron chi connectivity index (χ2n) is 5.70. The van der Waals surface area contributed by atoms with Gasteiger partial charge in [-0.15, -0.1) is 0 Å². The molecule has 0 radical (unpaired) electrons. The summed E-state index contributed by atoms with van der Waals surface area (Å²) < 4.78 is 10.7. The molecular formula is C18H24O4. The van der Waals surface area contributed by atoms with Gasteiger partial charge in [-0.2, -0.15) is 0 Å². The second kappa shape index (κ2) is 7.97. The number of esters is 2. The molecule has 1 fully saturated rings. The molecule has 0 amide bonds. The fourth-order valence-corrected chi connectivity index (χ4v) is 3.02. The van der Waals surface area contributed by atoms with Crippen molar-refractivity contribution in [3.8, 4) is 0 Å². The molecule has 0 atom stereocenters. The van der Waals surface area contributed by atoms with E-state index in [-0.39, 0.29) is 24.8 Å². The average Bonchev–Trinajstić information content (AvgIpc) is 2.55. The smallest absolute Gasteiger partial charge is 0.307 e. The minimum absolute atomic E-state index is 0.0768. The van der Waals surface area contributed by atoms with Gasteiger partial charge >= 0.3 is 11.9 Å². The van der Waals surface area contributed by atoms with Crippen LogP contribution >= 0.6 is 0 Å². The van der Waals surface area contributed by atoms with Gasteiger partial charge in [-0.05, 0) is 38.2 Å². The fraction of sp³-hybridized carbons (Fsp3) is 0.556. The lowest BCUT2D eigenvalue weighted by Crippen LogP contribution is -2.34. The number of benzene rings is 1. The Bertz CT molecular complexity index is 489. The summed E-state index contributed by atoms with van der Waals surface area (Å²) in [4.78, 5) is 23.5. The van der Waals surface area contributed by atoms with Gasteiger partial charge in [0.2, 0.25) is 0 Å². The molecule has 0 heterocycles. The van der Waals surface area contributed by atoms with Gasteiger partial charge in [0.1, 0.15) is 5.60 Å². The second-order valence-corrected chi connectivity index (χ2v) is 5.70. The standard InChI is InChI=1S/C18H24O4/c1-2-21-16(19)11-12-17(20)22-18(13-7-4-8-14-18)15-9-5-3-6-10-15/h3,5-6,9-10H,2,4,7-8,11-14H2,1H3. The van der Waals surface area contributed by atoms with Crippen LogP contribution in [0.3, 0.4) is 0 Å². The van der Waals surface area contributed by atoms with Crippen molar-refractivity contribution in [2.24, 2.45) is 0 Å². The fourth-order valence-electron chi connectivity index (χ4n) is 3.02. The SMILES string of the molecule is CCOC(=O)CCC(=O)OC1(c2ccccc2)CCCCC1. The number of carbonyl (C=O) groups is 2. The van der Waals surface area contributed by atoms with E-state index in [4.69, 9.17) is 9.47 Å². The molecule has 0 spiro atoms. The van der Waals surface area contributed by atoms with Crippen LogP contribution in [0.1, 0.15) is 57.4 Å². The number of hydrogen-bond donors (Lipinski definition) is 0. The van der Waals surface area contributed by atoms with Crippen LogP contribution in [-0.2, 0) is 24.7 Å². The van der Waals surface area contributed by atoms with E-state index in [0.717, 1.165) is 31.2 Å². The first-order valence-corrected chi connectivity index (χ1v) is 8.09. The third-order valence-electron chi connectivity index (χ3n) is 4.11. The van der Waals surface area contributed by atoms with Crippen molar-refractivity contribution in [2.45, 2.75) is 57.5 Å². The summed E-state index contributed by atoms with van der Waals surface area (Å²) in [6.07, 6.45) is 5.14. The highest BCUT2D eigenvalue weighted by Crippen LogP contribution is 2.40. The largest absolute Gasteiger partial charge is 0.466 e. The van der Waals surface area contributed by atoms with Crippen LogP contribution in [0.4, 0.5) is 0 Å². The lowest BCUT2D eigenvalue weighted by atomic mass is 9.79. The van der Waals surface area contributed by atoms with Crippen LogP contribution in [-0.4, -0.2) is 18.5 Å². The molecule has 1 aromatic rings. The van der Waals surface area contributed by atoms with Gasteiger partial charge in [-0.25, -0.2) is 0 Å². The molecule has 1 aliphatic rings. The van der Waals surface area contributed by atoms with E-state index in [0.29, 0.717) is 6.61 Å². The molecular weight excluding hydrogens is 280 g/mol. The Labute approximate surface area is 131 Å². The number of carbonyl (C=O) groups excluding carboxylic acids is 2. The Morgan fingerprint density at radius 3 is 2.27 bits per heavy atom. The first-order valence-electron chi connectivity index (χ1n) is 8.09. The summed E-state index contributed by atoms with van der Waals surface area (Å²) in [5.41, 5.74) is 0.532. The van der Waals surface area contributed by atoms with Crippen molar-refractivity contribution in [2.75, 3.05) is 6.61 Å². The Hall–Kier alpha value is -1.84. The molecule has 0 saturated heterocycles. The zero-order valence-corrected chi connectivity index (χ0v) is 13.2. The Kier molecular flexibility index (Phi) is 5.99. The highest BCUT2D eigenvalue weighted by atomic mass is 16.6. The van der Waals surface area contributed by atoms with E-state index in [2.05, 4.69) is 0 Å². The third kappa shape index (κ3) is 4.33. The molecule has 0 aliphatic heterocycles. The Morgan fingerprint density at radius 1 is 1.00 bits per heavy atom. The predicted octanol–water partition coefficient (Wildman–Crippen LogP) is 3.73. The topological polar surface area (TPSA) is 52.6 Å². The van der Waals surface area contributed by atoms with Crippen LogP contribution in [0, 0.1) is 0 Å². The van der Waals surface area contributed by atoms with Crippen molar-refractivity contribution < 1.29 is 19.1 Å². The van der Waals surface area contributed by atoms with Crippen LogP contribution in [0.5, 0.6) is 0 Å². The molecule has 0 unspecified atom stereocenters. The molecule has 1 saturated carbocycles. The molecule has 4 heteroatoms. The predicted molar refractivity (Wildman–Crippen MR) is 83.2 cm³/mol. The van der Waals surface area contributed by atoms with E-state index in [1.807, 2.05) is 30.3 Å². The van der Waals surface area contributed by atoms with E-state index in [1.54, 1.807) is 6.92 Å². The van der Waals surface area contributed by atoms with E-state index in [1.165, 1.54) is 6.42 Å². The molecule has 0 aromatic heterocycles. The summed E-state index contributed by atoms with van der Waals surface area (Å²) in [7, 11) is 0. The zero-order valence-electron chi connectivity index (χ0n) is 13.2. The van der Waals surface area contributed by atoms with Gasteiger partial charge in [-0.1, -0.05) is 36.8 Å². The van der Waals surface area contributed by atoms with E-state index in [9.17, 15) is 9.59 Å². The van der Waals surface area contributed by atoms with Crippen LogP contribution in [0.25, 0.3) is 0 Å². The highest BCUT2D eigenvalue weighted by molar-refractivity contribution is 5.78. The van der Waals surface area contributed by atoms with Gasteiger partial charge in [-0.3, -0.25) is 9.59 Å². The van der Waals surface area contributed by atoms with Crippen LogP contribution in [0.15, 0.2) is 30.3 Å². The normalized spacial score (nSPS) is 16.8. The monoisotopic (exact) mass is 304 g/mol. The number of rotatable bonds is 6. The van der Waals surface area contributed by atoms with Gasteiger partial charge in [0.15, 0.2) is 0 Å². The molecule has 22 heavy (non-hydrogen) atoms. The Morgan fingerprint density at radius 2 is 1.64 bits per heavy atom. The maximum absolute atomic E-state index is 12.2. The molecule has 1 aromatic carbocycles. The summed E-state index contributed by atoms with van der Waals surface area (Å²) in [6, 6.07) is 9.94. The molecule has 120 valence electrons. The van der Waals surface area contributed by atoms with Crippen LogP contribution in [0.2, 0.25) is 0 Å². The number of ether oxygens (including phenoxy) is 2. The molecule has 2 rings (SSSR count). The van der Waals surface area contributed by atoms with Gasteiger partial charge in [0, 0.05) is 0 Å². The lowest BCUT2D eigenvalue weighted by Gasteiger charge is -2.37. The molecule has 0 N–H and O–H groups in total. The quantitative estimate of drug-likeness (QED) is 0.751. The van der Waals surface area contributed by atoms with Crippen molar-refractivity contribution in [1.82, 2.24) is 0 Å². The molecule has 1 aliphatic carbocycles. The van der Waals surface area contributed by atoms with Gasteiger partial charge in [0.25, 0.3) is 0 Å². The molecule has 4 nitrogen and oxygen atoms in total. The summed E-state index contributed by atoms with van der Waals surface area (Å²) in [6.45, 7) is 2.09. The first-order chi connectivity index (χ1) is 10.7. The summed E-state index contributed by atoms with van der Waals surface area (Å²) in [5, 5.41) is 0. The Balaban J connectivity index is 2.01. The summed E-state index contributed by atoms with van der Waals surface area (Å²) in [5.74, 6) is -0.671. The average molecular weight is 304 g/mol. The van der Waals surface area contributed by atoms with Crippen molar-refractivity contribution in [1.29, 1.82) is 0 Å². The van der Waals surface area contributed by atoms with E-state index < -0.39 is 5.60 Å². The lowest BCUT2D eigenvalue weighted by molar-refractivity contribution is -0.167. The number of hydrogen-bond acceptors (Lipinski definition) is 4. The zero-order chi connectivity index (χ0) is 15.8. The molecule has 0 bridgehead atoms. The van der Waals surface area contributed by atoms with Gasteiger partial charge < -0.3 is 9.47 Å². The van der Waals surface area contributed by atoms with Crippen LogP contribution < -0.4 is 0 Å². The maximum Gasteiger partial charge on any atom is 0.307 e. The van der Waals surface area contributed by atoms with E-state index >= 15 is 0 Å². The first kappa shape index (κ1) is 16.5.